The van der Waals surface area contributed by atoms with Crippen LogP contribution in [0.4, 0.5) is 0 Å². The smallest absolute Gasteiger partial charge is 0.154 e. The molecule has 17 heavy (non-hydrogen) atoms. The van der Waals surface area contributed by atoms with Crippen molar-refractivity contribution in [2.45, 2.75) is 63.8 Å². The molecule has 96 valence electrons. The molecule has 0 amide bonds. The maximum absolute atomic E-state index is 6.41. The van der Waals surface area contributed by atoms with Gasteiger partial charge in [-0.15, -0.1) is 0 Å². The van der Waals surface area contributed by atoms with Crippen molar-refractivity contribution >= 4 is 0 Å². The van der Waals surface area contributed by atoms with Crippen molar-refractivity contribution in [2.75, 3.05) is 0 Å². The molecular formula is C13H24N4. The van der Waals surface area contributed by atoms with Gasteiger partial charge in [-0.25, -0.2) is 4.98 Å². The topological polar surface area (TPSA) is 56.7 Å². The number of nitrogens with two attached hydrogens (primary N) is 1. The second-order valence-corrected chi connectivity index (χ2v) is 5.26. The lowest BCUT2D eigenvalue weighted by Gasteiger charge is -2.24. The number of hydrogen-bond acceptors (Lipinski definition) is 3. The lowest BCUT2D eigenvalue weighted by atomic mass is 9.93. The van der Waals surface area contributed by atoms with Crippen molar-refractivity contribution in [3.8, 4) is 0 Å². The van der Waals surface area contributed by atoms with Crippen LogP contribution in [-0.2, 0) is 12.6 Å². The molecule has 0 radical (unpaired) electrons. The monoisotopic (exact) mass is 236 g/mol. The standard InChI is InChI=1S/C13H24N4/c1-4-13(14,5-2)12-15-11(16-17(12)3)10-8-6-7-9-10/h10H,4-9,14H2,1-3H3. The van der Waals surface area contributed by atoms with Crippen LogP contribution in [0.2, 0.25) is 0 Å². The minimum Gasteiger partial charge on any atom is -0.319 e. The summed E-state index contributed by atoms with van der Waals surface area (Å²) in [6.45, 7) is 4.24. The third-order valence-electron chi connectivity index (χ3n) is 4.21. The predicted octanol–water partition coefficient (Wildman–Crippen LogP) is 2.45. The average molecular weight is 236 g/mol. The fourth-order valence-corrected chi connectivity index (χ4v) is 2.76. The molecule has 4 heteroatoms. The van der Waals surface area contributed by atoms with E-state index >= 15 is 0 Å². The number of aromatic nitrogens is 3. The van der Waals surface area contributed by atoms with Gasteiger partial charge in [-0.1, -0.05) is 26.7 Å². The number of rotatable bonds is 4. The van der Waals surface area contributed by atoms with Crippen LogP contribution in [0.25, 0.3) is 0 Å². The highest BCUT2D eigenvalue weighted by Gasteiger charge is 2.31. The molecule has 0 unspecified atom stereocenters. The number of hydrogen-bond donors (Lipinski definition) is 1. The zero-order valence-electron chi connectivity index (χ0n) is 11.2. The summed E-state index contributed by atoms with van der Waals surface area (Å²) in [7, 11) is 1.97. The van der Waals surface area contributed by atoms with Gasteiger partial charge in [0.1, 0.15) is 5.82 Å². The fraction of sp³-hybridized carbons (Fsp3) is 0.846. The summed E-state index contributed by atoms with van der Waals surface area (Å²) < 4.78 is 1.89. The second-order valence-electron chi connectivity index (χ2n) is 5.26. The van der Waals surface area contributed by atoms with Gasteiger partial charge in [0, 0.05) is 13.0 Å². The second kappa shape index (κ2) is 4.77. The molecule has 0 aliphatic heterocycles. The van der Waals surface area contributed by atoms with Gasteiger partial charge in [-0.05, 0) is 25.7 Å². The third kappa shape index (κ3) is 2.23. The van der Waals surface area contributed by atoms with Crippen molar-refractivity contribution < 1.29 is 0 Å². The average Bonchev–Trinajstić information content (AvgIpc) is 2.96. The van der Waals surface area contributed by atoms with E-state index in [1.165, 1.54) is 25.7 Å². The molecule has 0 saturated heterocycles. The highest BCUT2D eigenvalue weighted by atomic mass is 15.3. The maximum Gasteiger partial charge on any atom is 0.154 e. The molecule has 1 fully saturated rings. The molecule has 1 saturated carbocycles. The Bertz CT molecular complexity index is 373. The van der Waals surface area contributed by atoms with Crippen LogP contribution in [0, 0.1) is 0 Å². The lowest BCUT2D eigenvalue weighted by Crippen LogP contribution is -2.38. The van der Waals surface area contributed by atoms with Gasteiger partial charge in [-0.2, -0.15) is 5.10 Å². The van der Waals surface area contributed by atoms with E-state index < -0.39 is 0 Å². The molecule has 0 aromatic carbocycles. The Morgan fingerprint density at radius 1 is 1.29 bits per heavy atom. The van der Waals surface area contributed by atoms with Crippen LogP contribution >= 0.6 is 0 Å². The Hall–Kier alpha value is -0.900. The summed E-state index contributed by atoms with van der Waals surface area (Å²) in [5, 5.41) is 4.58. The van der Waals surface area contributed by atoms with Crippen molar-refractivity contribution in [3.63, 3.8) is 0 Å². The zero-order chi connectivity index (χ0) is 12.5. The molecule has 1 aromatic heterocycles. The Morgan fingerprint density at radius 2 is 1.88 bits per heavy atom. The quantitative estimate of drug-likeness (QED) is 0.873. The van der Waals surface area contributed by atoms with E-state index in [2.05, 4.69) is 18.9 Å². The summed E-state index contributed by atoms with van der Waals surface area (Å²) >= 11 is 0. The SMILES string of the molecule is CCC(N)(CC)c1nc(C2CCCC2)nn1C. The predicted molar refractivity (Wildman–Crippen MR) is 68.7 cm³/mol. The number of aryl methyl sites for hydroxylation is 1. The van der Waals surface area contributed by atoms with Crippen LogP contribution in [0.1, 0.15) is 69.9 Å². The van der Waals surface area contributed by atoms with Crippen LogP contribution in [0.15, 0.2) is 0 Å². The molecule has 1 aliphatic rings. The molecule has 0 spiro atoms. The first-order valence-electron chi connectivity index (χ1n) is 6.81. The highest BCUT2D eigenvalue weighted by Crippen LogP contribution is 2.33. The minimum atomic E-state index is -0.321. The van der Waals surface area contributed by atoms with Crippen LogP contribution in [-0.4, -0.2) is 14.8 Å². The Labute approximate surface area is 104 Å². The van der Waals surface area contributed by atoms with Crippen molar-refractivity contribution in [2.24, 2.45) is 12.8 Å². The van der Waals surface area contributed by atoms with Crippen LogP contribution < -0.4 is 5.73 Å². The Kier molecular flexibility index (Phi) is 3.52. The van der Waals surface area contributed by atoms with E-state index in [1.807, 2.05) is 11.7 Å². The van der Waals surface area contributed by atoms with Gasteiger partial charge in [0.2, 0.25) is 0 Å². The third-order valence-corrected chi connectivity index (χ3v) is 4.21. The molecule has 1 heterocycles. The normalized spacial score (nSPS) is 17.9. The van der Waals surface area contributed by atoms with Gasteiger partial charge < -0.3 is 5.73 Å². The summed E-state index contributed by atoms with van der Waals surface area (Å²) in [5.74, 6) is 2.52. The van der Waals surface area contributed by atoms with Gasteiger partial charge in [0.15, 0.2) is 5.82 Å². The molecule has 0 bridgehead atoms. The molecule has 1 aromatic rings. The van der Waals surface area contributed by atoms with E-state index in [0.717, 1.165) is 24.5 Å². The maximum atomic E-state index is 6.41. The first-order valence-corrected chi connectivity index (χ1v) is 6.81. The van der Waals surface area contributed by atoms with Gasteiger partial charge in [0.05, 0.1) is 5.54 Å². The first kappa shape index (κ1) is 12.6. The Balaban J connectivity index is 2.29. The van der Waals surface area contributed by atoms with E-state index in [-0.39, 0.29) is 5.54 Å². The van der Waals surface area contributed by atoms with Crippen LogP contribution in [0.5, 0.6) is 0 Å². The molecule has 2 rings (SSSR count). The van der Waals surface area contributed by atoms with Gasteiger partial charge in [0.25, 0.3) is 0 Å². The molecule has 4 nitrogen and oxygen atoms in total. The van der Waals surface area contributed by atoms with Gasteiger partial charge >= 0.3 is 0 Å². The van der Waals surface area contributed by atoms with Crippen molar-refractivity contribution in [1.29, 1.82) is 0 Å². The molecule has 2 N–H and O–H groups in total. The molecular weight excluding hydrogens is 212 g/mol. The van der Waals surface area contributed by atoms with E-state index in [4.69, 9.17) is 10.7 Å². The molecule has 1 aliphatic carbocycles. The largest absolute Gasteiger partial charge is 0.319 e. The first-order chi connectivity index (χ1) is 8.10. The van der Waals surface area contributed by atoms with Crippen molar-refractivity contribution in [1.82, 2.24) is 14.8 Å². The van der Waals surface area contributed by atoms with E-state index in [0.29, 0.717) is 5.92 Å². The van der Waals surface area contributed by atoms with Gasteiger partial charge in [-0.3, -0.25) is 4.68 Å². The van der Waals surface area contributed by atoms with E-state index in [1.54, 1.807) is 0 Å². The Morgan fingerprint density at radius 3 is 2.41 bits per heavy atom. The van der Waals surface area contributed by atoms with Crippen molar-refractivity contribution in [3.05, 3.63) is 11.6 Å². The fourth-order valence-electron chi connectivity index (χ4n) is 2.76. The summed E-state index contributed by atoms with van der Waals surface area (Å²) in [6.07, 6.45) is 6.90. The van der Waals surface area contributed by atoms with E-state index in [9.17, 15) is 0 Å². The number of nitrogens with zero attached hydrogens (tertiary/aromatic N) is 3. The summed E-state index contributed by atoms with van der Waals surface area (Å²) in [6, 6.07) is 0. The molecule has 0 atom stereocenters. The minimum absolute atomic E-state index is 0.321. The zero-order valence-corrected chi connectivity index (χ0v) is 11.2. The summed E-state index contributed by atoms with van der Waals surface area (Å²) in [4.78, 5) is 4.73. The van der Waals surface area contributed by atoms with Crippen LogP contribution in [0.3, 0.4) is 0 Å². The summed E-state index contributed by atoms with van der Waals surface area (Å²) in [5.41, 5.74) is 6.09. The highest BCUT2D eigenvalue weighted by molar-refractivity contribution is 5.09. The lowest BCUT2D eigenvalue weighted by molar-refractivity contribution is 0.370.